The third-order valence-electron chi connectivity index (χ3n) is 8.19. The van der Waals surface area contributed by atoms with Crippen LogP contribution in [0, 0.1) is 19.7 Å². The molecule has 2 aromatic carbocycles. The molecular formula is C31H35FN6O4. The molecule has 1 atom stereocenters. The quantitative estimate of drug-likeness (QED) is 0.185. The Hall–Kier alpha value is -4.35. The molecule has 5 aromatic rings. The van der Waals surface area contributed by atoms with Crippen LogP contribution in [0.2, 0.25) is 0 Å². The Labute approximate surface area is 241 Å². The van der Waals surface area contributed by atoms with Crippen LogP contribution in [0.25, 0.3) is 33.2 Å². The van der Waals surface area contributed by atoms with Gasteiger partial charge in [-0.3, -0.25) is 4.79 Å². The van der Waals surface area contributed by atoms with Gasteiger partial charge in [-0.1, -0.05) is 6.07 Å². The minimum Gasteiger partial charge on any atom is -0.494 e. The van der Waals surface area contributed by atoms with Crippen LogP contribution in [0.1, 0.15) is 30.0 Å². The summed E-state index contributed by atoms with van der Waals surface area (Å²) in [5.74, 6) is 0.634. The molecule has 0 saturated carbocycles. The molecule has 0 radical (unpaired) electrons. The van der Waals surface area contributed by atoms with E-state index in [4.69, 9.17) is 9.72 Å². The zero-order valence-corrected chi connectivity index (χ0v) is 23.9. The van der Waals surface area contributed by atoms with Crippen molar-refractivity contribution in [3.8, 4) is 23.0 Å². The second-order valence-electron chi connectivity index (χ2n) is 11.2. The van der Waals surface area contributed by atoms with Gasteiger partial charge in [0.05, 0.1) is 16.7 Å². The predicted octanol–water partition coefficient (Wildman–Crippen LogP) is 4.45. The van der Waals surface area contributed by atoms with Crippen molar-refractivity contribution >= 4 is 27.5 Å². The average Bonchev–Trinajstić information content (AvgIpc) is 3.53. The van der Waals surface area contributed by atoms with Gasteiger partial charge in [-0.05, 0) is 76.7 Å². The molecule has 220 valence electrons. The molecule has 0 spiro atoms. The molecule has 10 nitrogen and oxygen atoms in total. The van der Waals surface area contributed by atoms with E-state index in [9.17, 15) is 19.4 Å². The van der Waals surface area contributed by atoms with Gasteiger partial charge in [0.1, 0.15) is 35.7 Å². The molecule has 0 bridgehead atoms. The van der Waals surface area contributed by atoms with Gasteiger partial charge < -0.3 is 39.7 Å². The normalized spacial score (nSPS) is 15.5. The number of likely N-dealkylation sites (tertiary alicyclic amines) is 1. The first-order valence-electron chi connectivity index (χ1n) is 14.1. The number of halogens is 1. The summed E-state index contributed by atoms with van der Waals surface area (Å²) in [6, 6.07) is 9.04. The van der Waals surface area contributed by atoms with E-state index >= 15 is 0 Å². The fourth-order valence-electron chi connectivity index (χ4n) is 5.69. The molecule has 0 amide bonds. The molecule has 0 unspecified atom stereocenters. The molecule has 5 N–H and O–H groups in total. The highest BCUT2D eigenvalue weighted by Crippen LogP contribution is 2.36. The van der Waals surface area contributed by atoms with Crippen LogP contribution in [0.4, 0.5) is 10.1 Å². The molecule has 1 aliphatic rings. The van der Waals surface area contributed by atoms with E-state index in [1.807, 2.05) is 22.9 Å². The number of H-pyrrole nitrogens is 2. The number of fused-ring (bicyclic) bond motifs is 2. The van der Waals surface area contributed by atoms with Gasteiger partial charge in [0.15, 0.2) is 5.88 Å². The molecule has 1 aliphatic heterocycles. The third-order valence-corrected chi connectivity index (χ3v) is 8.19. The summed E-state index contributed by atoms with van der Waals surface area (Å²) in [6.07, 6.45) is 4.53. The lowest BCUT2D eigenvalue weighted by Gasteiger charge is -2.30. The average molecular weight is 575 g/mol. The van der Waals surface area contributed by atoms with Crippen molar-refractivity contribution in [1.29, 1.82) is 0 Å². The smallest absolute Gasteiger partial charge is 0.261 e. The lowest BCUT2D eigenvalue weighted by atomic mass is 10.1. The standard InChI is InChI=1S/C31H35FN6O4/c1-17-4-5-26(18(2)28(17)32)42-16-21(39)14-34-23-6-9-33-30(40)27(23)29-35-24-12-19-15-38(20-7-10-37(3)11-8-20)31(41)22(19)13-25(24)36-29/h4-6,9,12-13,15,20-21,39,41H,7-8,10-11,14,16H2,1-3H3,(H,35,36)(H2,33,34,40)/t21-/m1/s1. The summed E-state index contributed by atoms with van der Waals surface area (Å²) < 4.78 is 21.8. The Morgan fingerprint density at radius 3 is 2.79 bits per heavy atom. The number of pyridine rings is 1. The van der Waals surface area contributed by atoms with Crippen molar-refractivity contribution < 1.29 is 19.3 Å². The van der Waals surface area contributed by atoms with Crippen molar-refractivity contribution in [2.24, 2.45) is 0 Å². The van der Waals surface area contributed by atoms with Gasteiger partial charge in [-0.25, -0.2) is 9.37 Å². The molecule has 4 heterocycles. The van der Waals surface area contributed by atoms with Crippen LogP contribution < -0.4 is 15.6 Å². The summed E-state index contributed by atoms with van der Waals surface area (Å²) in [4.78, 5) is 25.9. The van der Waals surface area contributed by atoms with Gasteiger partial charge >= 0.3 is 0 Å². The van der Waals surface area contributed by atoms with E-state index in [1.165, 1.54) is 6.20 Å². The van der Waals surface area contributed by atoms with Gasteiger partial charge in [0, 0.05) is 41.3 Å². The monoisotopic (exact) mass is 574 g/mol. The Morgan fingerprint density at radius 2 is 2.00 bits per heavy atom. The number of hydrogen-bond acceptors (Lipinski definition) is 7. The summed E-state index contributed by atoms with van der Waals surface area (Å²) in [5.41, 5.74) is 2.71. The van der Waals surface area contributed by atoms with E-state index in [0.717, 1.165) is 36.8 Å². The summed E-state index contributed by atoms with van der Waals surface area (Å²) in [7, 11) is 2.11. The minimum absolute atomic E-state index is 0.0594. The van der Waals surface area contributed by atoms with E-state index in [1.54, 1.807) is 32.0 Å². The lowest BCUT2D eigenvalue weighted by Crippen LogP contribution is -2.31. The zero-order valence-electron chi connectivity index (χ0n) is 23.9. The number of anilines is 1. The first kappa shape index (κ1) is 27.8. The van der Waals surface area contributed by atoms with E-state index in [2.05, 4.69) is 27.2 Å². The van der Waals surface area contributed by atoms with Gasteiger partial charge in [0.25, 0.3) is 5.56 Å². The molecule has 1 fully saturated rings. The summed E-state index contributed by atoms with van der Waals surface area (Å²) in [5, 5.41) is 26.3. The minimum atomic E-state index is -0.930. The van der Waals surface area contributed by atoms with Crippen LogP contribution in [-0.2, 0) is 0 Å². The Bertz CT molecular complexity index is 1820. The Balaban J connectivity index is 1.21. The number of rotatable bonds is 8. The number of aliphatic hydroxyl groups is 1. The number of aromatic nitrogens is 4. The lowest BCUT2D eigenvalue weighted by molar-refractivity contribution is 0.117. The fraction of sp³-hybridized carbons (Fsp3) is 0.355. The SMILES string of the molecule is Cc1ccc(OC[C@H](O)CNc2cc[nH]c(=O)c2-c2nc3cc4c(O)n(C5CCN(C)CC5)cc4cc3[nH]2)c(C)c1F. The number of nitrogens with zero attached hydrogens (tertiary/aromatic N) is 3. The van der Waals surface area contributed by atoms with Crippen molar-refractivity contribution in [1.82, 2.24) is 24.4 Å². The number of aliphatic hydroxyl groups excluding tert-OH is 1. The maximum atomic E-state index is 14.2. The second-order valence-corrected chi connectivity index (χ2v) is 11.2. The van der Waals surface area contributed by atoms with Crippen LogP contribution in [0.3, 0.4) is 0 Å². The van der Waals surface area contributed by atoms with E-state index < -0.39 is 6.10 Å². The largest absolute Gasteiger partial charge is 0.494 e. The number of nitrogens with one attached hydrogen (secondary N) is 3. The number of hydrogen-bond donors (Lipinski definition) is 5. The first-order chi connectivity index (χ1) is 20.2. The van der Waals surface area contributed by atoms with Gasteiger partial charge in [-0.15, -0.1) is 0 Å². The molecule has 6 rings (SSSR count). The zero-order chi connectivity index (χ0) is 29.5. The summed E-state index contributed by atoms with van der Waals surface area (Å²) >= 11 is 0. The Kier molecular flexibility index (Phi) is 7.38. The topological polar surface area (TPSA) is 131 Å². The first-order valence-corrected chi connectivity index (χ1v) is 14.1. The predicted molar refractivity (Wildman–Crippen MR) is 161 cm³/mol. The highest BCUT2D eigenvalue weighted by molar-refractivity contribution is 5.99. The van der Waals surface area contributed by atoms with Crippen molar-refractivity contribution in [2.75, 3.05) is 38.6 Å². The van der Waals surface area contributed by atoms with Gasteiger partial charge in [0.2, 0.25) is 0 Å². The highest BCUT2D eigenvalue weighted by atomic mass is 19.1. The second kappa shape index (κ2) is 11.1. The van der Waals surface area contributed by atoms with Crippen LogP contribution in [-0.4, -0.2) is 74.0 Å². The number of imidazole rings is 1. The molecule has 0 aliphatic carbocycles. The van der Waals surface area contributed by atoms with Gasteiger partial charge in [-0.2, -0.15) is 0 Å². The fourth-order valence-corrected chi connectivity index (χ4v) is 5.69. The number of aromatic amines is 2. The van der Waals surface area contributed by atoms with Crippen LogP contribution in [0.5, 0.6) is 11.6 Å². The molecule has 42 heavy (non-hydrogen) atoms. The number of aromatic hydroxyl groups is 1. The Morgan fingerprint density at radius 1 is 1.21 bits per heavy atom. The number of aryl methyl sites for hydroxylation is 1. The molecule has 11 heteroatoms. The van der Waals surface area contributed by atoms with E-state index in [-0.39, 0.29) is 36.4 Å². The third kappa shape index (κ3) is 5.21. The number of piperidine rings is 1. The summed E-state index contributed by atoms with van der Waals surface area (Å²) in [6.45, 7) is 5.32. The van der Waals surface area contributed by atoms with Crippen LogP contribution >= 0.6 is 0 Å². The van der Waals surface area contributed by atoms with Crippen molar-refractivity contribution in [3.63, 3.8) is 0 Å². The highest BCUT2D eigenvalue weighted by Gasteiger charge is 2.23. The molecule has 1 saturated heterocycles. The number of ether oxygens (including phenoxy) is 1. The van der Waals surface area contributed by atoms with Crippen molar-refractivity contribution in [3.05, 3.63) is 70.0 Å². The van der Waals surface area contributed by atoms with Crippen LogP contribution in [0.15, 0.2) is 47.5 Å². The maximum Gasteiger partial charge on any atom is 0.261 e. The van der Waals surface area contributed by atoms with Crippen molar-refractivity contribution in [2.45, 2.75) is 38.8 Å². The molecule has 3 aromatic heterocycles. The van der Waals surface area contributed by atoms with E-state index in [0.29, 0.717) is 44.9 Å². The number of benzene rings is 2. The molecular weight excluding hydrogens is 539 g/mol. The maximum absolute atomic E-state index is 14.2.